The van der Waals surface area contributed by atoms with Gasteiger partial charge in [-0.25, -0.2) is 4.79 Å². The molecule has 3 rings (SSSR count). The Bertz CT molecular complexity index is 799. The van der Waals surface area contributed by atoms with E-state index in [2.05, 4.69) is 16.3 Å². The largest absolute Gasteiger partial charge is 0.822 e. The minimum absolute atomic E-state index is 0.262. The van der Waals surface area contributed by atoms with E-state index in [0.29, 0.717) is 5.02 Å². The average molecular weight is 417 g/mol. The van der Waals surface area contributed by atoms with Crippen LogP contribution in [0.25, 0.3) is 0 Å². The van der Waals surface area contributed by atoms with E-state index in [4.69, 9.17) is 35.6 Å². The molecule has 1 aliphatic rings. The van der Waals surface area contributed by atoms with E-state index < -0.39 is 13.9 Å². The van der Waals surface area contributed by atoms with Gasteiger partial charge in [0.2, 0.25) is 0 Å². The van der Waals surface area contributed by atoms with Crippen LogP contribution in [0.15, 0.2) is 35.7 Å². The summed E-state index contributed by atoms with van der Waals surface area (Å²) in [7, 11) is -3.97. The highest BCUT2D eigenvalue weighted by Crippen LogP contribution is 2.33. The van der Waals surface area contributed by atoms with Gasteiger partial charge in [0.15, 0.2) is 0 Å². The molecule has 1 aromatic heterocycles. The standard InChI is InChI=1S/C16H16ClNO2S.H3O4P/c1-20-16(19)15(12-4-2-3-5-13(12)17)18-8-6-14-11(10-18)7-9-21-14;1-5(2,3)4/h2-5,7,9,15H,6,8,10H2,1H3;(H3,1,2,3,4)/p-3/t15-;/m0./s1. The van der Waals surface area contributed by atoms with Gasteiger partial charge >= 0.3 is 5.97 Å². The number of ether oxygens (including phenoxy) is 1. The van der Waals surface area contributed by atoms with Crippen LogP contribution in [0.5, 0.6) is 0 Å². The second kappa shape index (κ2) is 9.10. The number of esters is 1. The average Bonchev–Trinajstić information content (AvgIpc) is 3.03. The van der Waals surface area contributed by atoms with E-state index in [1.165, 1.54) is 17.6 Å². The van der Waals surface area contributed by atoms with Crippen molar-refractivity contribution >= 4 is 36.7 Å². The topological polar surface area (TPSA) is 116 Å². The molecule has 2 heterocycles. The number of rotatable bonds is 3. The number of fused-ring (bicyclic) bond motifs is 1. The van der Waals surface area contributed by atoms with E-state index in [-0.39, 0.29) is 5.97 Å². The predicted molar refractivity (Wildman–Crippen MR) is 92.2 cm³/mol. The van der Waals surface area contributed by atoms with Crippen molar-refractivity contribution in [2.24, 2.45) is 0 Å². The van der Waals surface area contributed by atoms with Gasteiger partial charge in [0, 0.05) is 23.0 Å². The predicted octanol–water partition coefficient (Wildman–Crippen LogP) is 0.849. The molecule has 0 saturated heterocycles. The Balaban J connectivity index is 0.000000431. The van der Waals surface area contributed by atoms with Crippen molar-refractivity contribution in [1.82, 2.24) is 4.90 Å². The van der Waals surface area contributed by atoms with Gasteiger partial charge in [0.05, 0.1) is 7.11 Å². The van der Waals surface area contributed by atoms with Crippen LogP contribution in [-0.4, -0.2) is 24.5 Å². The van der Waals surface area contributed by atoms with Crippen LogP contribution in [0, 0.1) is 0 Å². The van der Waals surface area contributed by atoms with Crippen molar-refractivity contribution in [3.8, 4) is 0 Å². The highest BCUT2D eigenvalue weighted by Gasteiger charge is 2.32. The van der Waals surface area contributed by atoms with Gasteiger partial charge in [-0.1, -0.05) is 29.8 Å². The van der Waals surface area contributed by atoms with E-state index in [9.17, 15) is 4.79 Å². The summed E-state index contributed by atoms with van der Waals surface area (Å²) in [5.41, 5.74) is 2.11. The molecule has 26 heavy (non-hydrogen) atoms. The summed E-state index contributed by atoms with van der Waals surface area (Å²) in [6, 6.07) is 9.16. The van der Waals surface area contributed by atoms with Gasteiger partial charge in [-0.3, -0.25) is 4.90 Å². The molecule has 0 amide bonds. The van der Waals surface area contributed by atoms with Gasteiger partial charge in [0.1, 0.15) is 6.04 Å². The van der Waals surface area contributed by atoms with Gasteiger partial charge in [-0.2, -0.15) is 7.82 Å². The van der Waals surface area contributed by atoms with Crippen LogP contribution >= 0.6 is 30.8 Å². The second-order valence-electron chi connectivity index (χ2n) is 5.48. The molecule has 2 aromatic rings. The Hall–Kier alpha value is -1.25. The number of methoxy groups -OCH3 is 1. The first kappa shape index (κ1) is 21.1. The molecule has 0 saturated carbocycles. The molecule has 142 valence electrons. The van der Waals surface area contributed by atoms with Crippen LogP contribution in [0.4, 0.5) is 0 Å². The van der Waals surface area contributed by atoms with Crippen LogP contribution in [0.1, 0.15) is 22.0 Å². The first-order chi connectivity index (χ1) is 12.2. The molecule has 10 heteroatoms. The van der Waals surface area contributed by atoms with E-state index >= 15 is 0 Å². The summed E-state index contributed by atoms with van der Waals surface area (Å²) in [4.78, 5) is 41.5. The summed E-state index contributed by atoms with van der Waals surface area (Å²) >= 11 is 8.07. The third-order valence-electron chi connectivity index (χ3n) is 3.83. The Morgan fingerprint density at radius 1 is 1.31 bits per heavy atom. The molecule has 1 aliphatic heterocycles. The zero-order chi connectivity index (χ0) is 19.3. The molecule has 0 spiro atoms. The fourth-order valence-corrected chi connectivity index (χ4v) is 3.90. The van der Waals surface area contributed by atoms with Crippen molar-refractivity contribution in [2.75, 3.05) is 13.7 Å². The molecule has 7 nitrogen and oxygen atoms in total. The zero-order valence-corrected chi connectivity index (χ0v) is 16.3. The highest BCUT2D eigenvalue weighted by atomic mass is 35.5. The molecule has 0 unspecified atom stereocenters. The van der Waals surface area contributed by atoms with E-state index in [0.717, 1.165) is 25.1 Å². The van der Waals surface area contributed by atoms with Gasteiger partial charge in [-0.15, -0.1) is 11.3 Å². The Labute approximate surface area is 160 Å². The number of carbonyl (C=O) groups excluding carboxylic acids is 1. The molecule has 0 aliphatic carbocycles. The van der Waals surface area contributed by atoms with Crippen molar-refractivity contribution in [3.05, 3.63) is 56.7 Å². The maximum absolute atomic E-state index is 12.3. The first-order valence-corrected chi connectivity index (χ1v) is 10.3. The lowest BCUT2D eigenvalue weighted by Gasteiger charge is -2.36. The summed E-state index contributed by atoms with van der Waals surface area (Å²) in [5.74, 6) is -0.262. The van der Waals surface area contributed by atoms with Crippen molar-refractivity contribution in [1.29, 1.82) is 0 Å². The lowest BCUT2D eigenvalue weighted by molar-refractivity contribution is -0.432. The number of thiophene rings is 1. The van der Waals surface area contributed by atoms with Gasteiger partial charge in [-0.05, 0) is 35.1 Å². The number of carbonyl (C=O) groups is 1. The fourth-order valence-electron chi connectivity index (χ4n) is 2.77. The summed E-state index contributed by atoms with van der Waals surface area (Å²) < 4.78 is 13.6. The molecule has 0 N–H and O–H groups in total. The Morgan fingerprint density at radius 2 is 1.96 bits per heavy atom. The lowest BCUT2D eigenvalue weighted by atomic mass is 10.0. The van der Waals surface area contributed by atoms with Gasteiger partial charge < -0.3 is 24.0 Å². The summed E-state index contributed by atoms with van der Waals surface area (Å²) in [5, 5.41) is 2.71. The third kappa shape index (κ3) is 5.89. The van der Waals surface area contributed by atoms with E-state index in [1.54, 1.807) is 11.3 Å². The molecule has 0 radical (unpaired) electrons. The van der Waals surface area contributed by atoms with Crippen LogP contribution < -0.4 is 14.7 Å². The zero-order valence-electron chi connectivity index (χ0n) is 13.8. The monoisotopic (exact) mass is 416 g/mol. The lowest BCUT2D eigenvalue weighted by Crippen LogP contribution is -2.38. The Kier molecular flexibility index (Phi) is 7.37. The molecule has 1 aromatic carbocycles. The SMILES string of the molecule is COC(=O)[C@H](c1ccccc1Cl)N1CCc2sccc2C1.O=P([O-])([O-])[O-]. The first-order valence-electron chi connectivity index (χ1n) is 7.55. The quantitative estimate of drug-likeness (QED) is 0.538. The number of phosphoric acid groups is 1. The molecular formula is C16H16ClNO6PS-3. The van der Waals surface area contributed by atoms with Crippen LogP contribution in [0.3, 0.4) is 0 Å². The van der Waals surface area contributed by atoms with Crippen LogP contribution in [0.2, 0.25) is 5.02 Å². The second-order valence-corrected chi connectivity index (χ2v) is 7.79. The molecule has 1 atom stereocenters. The van der Waals surface area contributed by atoms with Crippen molar-refractivity contribution in [2.45, 2.75) is 19.0 Å². The van der Waals surface area contributed by atoms with Crippen molar-refractivity contribution in [3.63, 3.8) is 0 Å². The normalized spacial score (nSPS) is 15.4. The smallest absolute Gasteiger partial charge is 0.327 e. The number of hydrogen-bond acceptors (Lipinski definition) is 8. The molecule has 0 fully saturated rings. The number of benzene rings is 1. The maximum atomic E-state index is 12.3. The summed E-state index contributed by atoms with van der Waals surface area (Å²) in [6.45, 7) is 1.59. The fraction of sp³-hybridized carbons (Fsp3) is 0.312. The number of halogens is 1. The minimum Gasteiger partial charge on any atom is -0.822 e. The molecule has 0 bridgehead atoms. The summed E-state index contributed by atoms with van der Waals surface area (Å²) in [6.07, 6.45) is 0.963. The third-order valence-corrected chi connectivity index (χ3v) is 5.19. The molecular weight excluding hydrogens is 401 g/mol. The highest BCUT2D eigenvalue weighted by molar-refractivity contribution is 7.40. The Morgan fingerprint density at radius 3 is 2.58 bits per heavy atom. The minimum atomic E-state index is -5.39. The van der Waals surface area contributed by atoms with Gasteiger partial charge in [0.25, 0.3) is 0 Å². The number of hydrogen-bond donors (Lipinski definition) is 0. The maximum Gasteiger partial charge on any atom is 0.327 e. The van der Waals surface area contributed by atoms with Crippen LogP contribution in [-0.2, 0) is 27.1 Å². The van der Waals surface area contributed by atoms with E-state index in [1.807, 2.05) is 24.3 Å². The van der Waals surface area contributed by atoms with Crippen molar-refractivity contribution < 1.29 is 28.8 Å². The number of nitrogens with zero attached hydrogens (tertiary/aromatic N) is 1.